The van der Waals surface area contributed by atoms with Gasteiger partial charge in [0.05, 0.1) is 17.8 Å². The van der Waals surface area contributed by atoms with Crippen LogP contribution in [0.5, 0.6) is 0 Å². The Hall–Kier alpha value is -1.40. The second kappa shape index (κ2) is 8.14. The lowest BCUT2D eigenvalue weighted by molar-refractivity contribution is -0.117. The first-order chi connectivity index (χ1) is 9.86. The third kappa shape index (κ3) is 5.13. The molecule has 0 bridgehead atoms. The molecule has 1 amide bonds. The molecule has 1 rings (SSSR count). The molecule has 1 heterocycles. The van der Waals surface area contributed by atoms with Gasteiger partial charge in [0, 0.05) is 0 Å². The fourth-order valence-electron chi connectivity index (χ4n) is 1.70. The number of ether oxygens (including phenoxy) is 1. The van der Waals surface area contributed by atoms with Crippen LogP contribution >= 0.6 is 11.3 Å². The van der Waals surface area contributed by atoms with E-state index in [4.69, 9.17) is 4.74 Å². The van der Waals surface area contributed by atoms with Gasteiger partial charge in [0.1, 0.15) is 4.88 Å². The Balaban J connectivity index is 2.81. The maximum absolute atomic E-state index is 12.1. The summed E-state index contributed by atoms with van der Waals surface area (Å²) in [6.45, 7) is 10.1. The highest BCUT2D eigenvalue weighted by atomic mass is 32.1. The molecule has 0 saturated carbocycles. The van der Waals surface area contributed by atoms with Gasteiger partial charge in [-0.25, -0.2) is 4.79 Å². The fourth-order valence-corrected chi connectivity index (χ4v) is 2.59. The van der Waals surface area contributed by atoms with E-state index in [2.05, 4.69) is 10.6 Å². The second-order valence-electron chi connectivity index (χ2n) is 5.24. The van der Waals surface area contributed by atoms with Gasteiger partial charge in [0.25, 0.3) is 0 Å². The third-order valence-electron chi connectivity index (χ3n) is 2.85. The molecule has 0 aromatic carbocycles. The first kappa shape index (κ1) is 17.7. The highest BCUT2D eigenvalue weighted by molar-refractivity contribution is 7.12. The number of hydrogen-bond donors (Lipinski definition) is 2. The molecule has 1 aromatic rings. The van der Waals surface area contributed by atoms with E-state index >= 15 is 0 Å². The van der Waals surface area contributed by atoms with E-state index in [1.165, 1.54) is 11.3 Å². The van der Waals surface area contributed by atoms with Crippen molar-refractivity contribution < 1.29 is 14.3 Å². The molecule has 2 N–H and O–H groups in total. The summed E-state index contributed by atoms with van der Waals surface area (Å²) in [6, 6.07) is -0.307. The molecule has 0 saturated heterocycles. The molecule has 1 aromatic heterocycles. The number of thiophene rings is 1. The maximum Gasteiger partial charge on any atom is 0.350 e. The average Bonchev–Trinajstić information content (AvgIpc) is 2.76. The minimum Gasteiger partial charge on any atom is -0.459 e. The molecular formula is C15H24N2O3S. The molecule has 118 valence electrons. The Morgan fingerprint density at radius 3 is 2.57 bits per heavy atom. The zero-order chi connectivity index (χ0) is 16.0. The lowest BCUT2D eigenvalue weighted by Crippen LogP contribution is -2.38. The Morgan fingerprint density at radius 1 is 1.33 bits per heavy atom. The number of hydrogen-bond acceptors (Lipinski definition) is 5. The number of aryl methyl sites for hydroxylation is 1. The number of amides is 1. The van der Waals surface area contributed by atoms with Gasteiger partial charge >= 0.3 is 5.97 Å². The topological polar surface area (TPSA) is 67.4 Å². The quantitative estimate of drug-likeness (QED) is 0.760. The lowest BCUT2D eigenvalue weighted by atomic mass is 10.2. The van der Waals surface area contributed by atoms with E-state index in [0.29, 0.717) is 10.6 Å². The van der Waals surface area contributed by atoms with Crippen molar-refractivity contribution in [2.45, 2.75) is 53.2 Å². The fraction of sp³-hybridized carbons (Fsp3) is 0.600. The van der Waals surface area contributed by atoms with Crippen LogP contribution in [0.15, 0.2) is 5.38 Å². The number of rotatable bonds is 7. The second-order valence-corrected chi connectivity index (χ2v) is 6.12. The van der Waals surface area contributed by atoms with Crippen LogP contribution in [-0.4, -0.2) is 30.6 Å². The number of carbonyl (C=O) groups excluding carboxylic acids is 2. The van der Waals surface area contributed by atoms with Crippen LogP contribution in [-0.2, 0) is 9.53 Å². The maximum atomic E-state index is 12.1. The van der Waals surface area contributed by atoms with Gasteiger partial charge < -0.3 is 15.4 Å². The highest BCUT2D eigenvalue weighted by Crippen LogP contribution is 2.28. The predicted molar refractivity (Wildman–Crippen MR) is 86.0 cm³/mol. The molecule has 5 nitrogen and oxygen atoms in total. The van der Waals surface area contributed by atoms with Crippen LogP contribution in [0.2, 0.25) is 0 Å². The summed E-state index contributed by atoms with van der Waals surface area (Å²) in [5.41, 5.74) is 1.42. The normalized spacial score (nSPS) is 12.3. The van der Waals surface area contributed by atoms with Gasteiger partial charge in [-0.2, -0.15) is 0 Å². The van der Waals surface area contributed by atoms with Crippen molar-refractivity contribution >= 4 is 28.9 Å². The zero-order valence-electron chi connectivity index (χ0n) is 13.3. The van der Waals surface area contributed by atoms with Crippen LogP contribution in [0.25, 0.3) is 0 Å². The molecule has 21 heavy (non-hydrogen) atoms. The predicted octanol–water partition coefficient (Wildman–Crippen LogP) is 2.95. The van der Waals surface area contributed by atoms with E-state index in [9.17, 15) is 9.59 Å². The summed E-state index contributed by atoms with van der Waals surface area (Å²) in [5.74, 6) is -0.545. The molecule has 1 atom stereocenters. The number of carbonyl (C=O) groups is 2. The summed E-state index contributed by atoms with van der Waals surface area (Å²) >= 11 is 1.29. The van der Waals surface area contributed by atoms with Crippen molar-refractivity contribution in [1.82, 2.24) is 5.32 Å². The average molecular weight is 312 g/mol. The first-order valence-corrected chi connectivity index (χ1v) is 8.08. The molecule has 0 spiro atoms. The van der Waals surface area contributed by atoms with E-state index in [0.717, 1.165) is 18.5 Å². The molecule has 0 aliphatic heterocycles. The molecule has 0 fully saturated rings. The van der Waals surface area contributed by atoms with Gasteiger partial charge in [0.2, 0.25) is 5.91 Å². The largest absolute Gasteiger partial charge is 0.459 e. The molecule has 0 radical (unpaired) electrons. The lowest BCUT2D eigenvalue weighted by Gasteiger charge is -2.15. The molecular weight excluding hydrogens is 288 g/mol. The molecule has 0 aliphatic carbocycles. The van der Waals surface area contributed by atoms with Gasteiger partial charge in [-0.3, -0.25) is 4.79 Å². The summed E-state index contributed by atoms with van der Waals surface area (Å²) in [6.07, 6.45) is 0.773. The first-order valence-electron chi connectivity index (χ1n) is 7.20. The number of esters is 1. The van der Waals surface area contributed by atoms with Gasteiger partial charge in [-0.15, -0.1) is 11.3 Å². The SMILES string of the molecule is CCCN[C@@H](C)C(=O)Nc1c(C)csc1C(=O)OC(C)C. The standard InChI is InChI=1S/C15H24N2O3S/c1-6-7-16-11(5)14(18)17-12-10(4)8-21-13(12)15(19)20-9(2)3/h8-9,11,16H,6-7H2,1-5H3,(H,17,18)/t11-/m0/s1. The van der Waals surface area contributed by atoms with E-state index in [1.54, 1.807) is 20.8 Å². The van der Waals surface area contributed by atoms with E-state index in [-0.39, 0.29) is 18.1 Å². The van der Waals surface area contributed by atoms with Crippen molar-refractivity contribution in [1.29, 1.82) is 0 Å². The molecule has 6 heteroatoms. The minimum absolute atomic E-state index is 0.149. The van der Waals surface area contributed by atoms with E-state index < -0.39 is 5.97 Å². The summed E-state index contributed by atoms with van der Waals surface area (Å²) in [5, 5.41) is 7.79. The highest BCUT2D eigenvalue weighted by Gasteiger charge is 2.22. The Labute approximate surface area is 130 Å². The van der Waals surface area contributed by atoms with Crippen molar-refractivity contribution in [3.8, 4) is 0 Å². The monoisotopic (exact) mass is 312 g/mol. The molecule has 0 unspecified atom stereocenters. The Bertz CT molecular complexity index is 497. The van der Waals surface area contributed by atoms with Crippen LogP contribution < -0.4 is 10.6 Å². The smallest absolute Gasteiger partial charge is 0.350 e. The van der Waals surface area contributed by atoms with Crippen LogP contribution in [0.4, 0.5) is 5.69 Å². The van der Waals surface area contributed by atoms with Gasteiger partial charge in [-0.1, -0.05) is 6.92 Å². The Morgan fingerprint density at radius 2 is 2.00 bits per heavy atom. The molecule has 0 aliphatic rings. The van der Waals surface area contributed by atoms with Gasteiger partial charge in [-0.05, 0) is 51.6 Å². The van der Waals surface area contributed by atoms with Crippen molar-refractivity contribution in [3.63, 3.8) is 0 Å². The van der Waals surface area contributed by atoms with Crippen molar-refractivity contribution in [2.24, 2.45) is 0 Å². The summed E-state index contributed by atoms with van der Waals surface area (Å²) < 4.78 is 5.20. The minimum atomic E-state index is -0.396. The summed E-state index contributed by atoms with van der Waals surface area (Å²) in [7, 11) is 0. The summed E-state index contributed by atoms with van der Waals surface area (Å²) in [4.78, 5) is 24.6. The van der Waals surface area contributed by atoms with Crippen LogP contribution in [0, 0.1) is 6.92 Å². The van der Waals surface area contributed by atoms with Crippen LogP contribution in [0.3, 0.4) is 0 Å². The third-order valence-corrected chi connectivity index (χ3v) is 3.92. The number of anilines is 1. The van der Waals surface area contributed by atoms with Crippen LogP contribution in [0.1, 0.15) is 49.4 Å². The Kier molecular flexibility index (Phi) is 6.84. The van der Waals surface area contributed by atoms with Gasteiger partial charge in [0.15, 0.2) is 0 Å². The van der Waals surface area contributed by atoms with Crippen molar-refractivity contribution in [3.05, 3.63) is 15.8 Å². The van der Waals surface area contributed by atoms with Crippen molar-refractivity contribution in [2.75, 3.05) is 11.9 Å². The van der Waals surface area contributed by atoms with E-state index in [1.807, 2.05) is 19.2 Å². The zero-order valence-corrected chi connectivity index (χ0v) is 14.1. The number of nitrogens with one attached hydrogen (secondary N) is 2.